The number of fused-ring (bicyclic) bond motifs is 1. The van der Waals surface area contributed by atoms with Crippen LogP contribution in [0, 0.1) is 11.6 Å². The van der Waals surface area contributed by atoms with Crippen LogP contribution in [0.15, 0.2) is 34.4 Å². The number of carbonyl (C=O) groups is 1. The first-order valence-corrected chi connectivity index (χ1v) is 7.50. The lowest BCUT2D eigenvalue weighted by Gasteiger charge is -2.16. The molecule has 0 saturated carbocycles. The molecule has 0 fully saturated rings. The molecule has 3 rings (SSSR count). The maximum absolute atomic E-state index is 13.2. The van der Waals surface area contributed by atoms with Crippen LogP contribution >= 0.6 is 11.3 Å². The van der Waals surface area contributed by atoms with E-state index in [0.29, 0.717) is 22.1 Å². The Morgan fingerprint density at radius 1 is 1.30 bits per heavy atom. The number of hydrogen-bond acceptors (Lipinski definition) is 4. The second-order valence-corrected chi connectivity index (χ2v) is 5.88. The van der Waals surface area contributed by atoms with Crippen molar-refractivity contribution in [2.45, 2.75) is 6.54 Å². The highest BCUT2D eigenvalue weighted by Crippen LogP contribution is 2.15. The van der Waals surface area contributed by atoms with E-state index in [4.69, 9.17) is 0 Å². The van der Waals surface area contributed by atoms with Gasteiger partial charge >= 0.3 is 0 Å². The Morgan fingerprint density at radius 2 is 2.00 bits per heavy atom. The molecule has 118 valence electrons. The summed E-state index contributed by atoms with van der Waals surface area (Å²) in [4.78, 5) is 32.2. The van der Waals surface area contributed by atoms with Gasteiger partial charge in [-0.15, -0.1) is 11.3 Å². The van der Waals surface area contributed by atoms with Gasteiger partial charge in [-0.3, -0.25) is 9.59 Å². The molecule has 0 aliphatic carbocycles. The largest absolute Gasteiger partial charge is 0.334 e. The third kappa shape index (κ3) is 3.11. The van der Waals surface area contributed by atoms with Crippen LogP contribution in [0.1, 0.15) is 16.2 Å². The van der Waals surface area contributed by atoms with Crippen LogP contribution in [0.5, 0.6) is 0 Å². The van der Waals surface area contributed by atoms with E-state index in [9.17, 15) is 18.4 Å². The number of rotatable bonds is 3. The Kier molecular flexibility index (Phi) is 3.91. The lowest BCUT2D eigenvalue weighted by Crippen LogP contribution is -2.28. The molecule has 0 unspecified atom stereocenters. The third-order valence-electron chi connectivity index (χ3n) is 3.21. The first kappa shape index (κ1) is 15.3. The molecule has 8 heteroatoms. The van der Waals surface area contributed by atoms with Crippen molar-refractivity contribution in [1.29, 1.82) is 0 Å². The third-order valence-corrected chi connectivity index (χ3v) is 4.11. The molecule has 1 amide bonds. The van der Waals surface area contributed by atoms with Gasteiger partial charge < -0.3 is 9.88 Å². The molecule has 1 N–H and O–H groups in total. The fraction of sp³-hybridized carbons (Fsp3) is 0.133. The van der Waals surface area contributed by atoms with Crippen molar-refractivity contribution in [2.24, 2.45) is 0 Å². The fourth-order valence-electron chi connectivity index (χ4n) is 2.19. The summed E-state index contributed by atoms with van der Waals surface area (Å²) in [5.41, 5.74) is 0.160. The fourth-order valence-corrected chi connectivity index (χ4v) is 2.92. The summed E-state index contributed by atoms with van der Waals surface area (Å²) in [6.07, 6.45) is 0. The Labute approximate surface area is 133 Å². The van der Waals surface area contributed by atoms with Gasteiger partial charge in [0.05, 0.1) is 12.1 Å². The van der Waals surface area contributed by atoms with E-state index in [-0.39, 0.29) is 17.7 Å². The zero-order chi connectivity index (χ0) is 16.6. The summed E-state index contributed by atoms with van der Waals surface area (Å²) in [6.45, 7) is 0.0119. The number of amides is 1. The number of H-pyrrole nitrogens is 1. The van der Waals surface area contributed by atoms with Gasteiger partial charge in [-0.05, 0) is 23.6 Å². The van der Waals surface area contributed by atoms with E-state index in [1.807, 2.05) is 0 Å². The Bertz CT molecular complexity index is 931. The smallest absolute Gasteiger partial charge is 0.268 e. The molecular formula is C15H11F2N3O2S. The number of nitrogens with one attached hydrogen (secondary N) is 1. The number of nitrogens with zero attached hydrogens (tertiary/aromatic N) is 2. The van der Waals surface area contributed by atoms with Crippen molar-refractivity contribution in [3.63, 3.8) is 0 Å². The summed E-state index contributed by atoms with van der Waals surface area (Å²) in [5, 5.41) is 1.75. The van der Waals surface area contributed by atoms with Crippen molar-refractivity contribution >= 4 is 27.5 Å². The predicted molar refractivity (Wildman–Crippen MR) is 82.4 cm³/mol. The van der Waals surface area contributed by atoms with E-state index in [0.717, 1.165) is 12.1 Å². The number of aromatic amines is 1. The Morgan fingerprint density at radius 3 is 2.70 bits per heavy atom. The van der Waals surface area contributed by atoms with Crippen molar-refractivity contribution in [3.8, 4) is 0 Å². The molecule has 5 nitrogen and oxygen atoms in total. The number of carbonyl (C=O) groups excluding carboxylic acids is 1. The Balaban J connectivity index is 1.86. The SMILES string of the molecule is CN(Cc1nc2ccsc2c(=O)[nH]1)C(=O)c1cc(F)cc(F)c1. The molecule has 0 saturated heterocycles. The summed E-state index contributed by atoms with van der Waals surface area (Å²) in [6, 6.07) is 4.32. The highest BCUT2D eigenvalue weighted by atomic mass is 32.1. The normalized spacial score (nSPS) is 10.9. The van der Waals surface area contributed by atoms with Crippen LogP contribution in [0.3, 0.4) is 0 Å². The number of hydrogen-bond donors (Lipinski definition) is 1. The minimum atomic E-state index is -0.826. The van der Waals surface area contributed by atoms with Crippen LogP contribution in [0.2, 0.25) is 0 Å². The molecule has 23 heavy (non-hydrogen) atoms. The second-order valence-electron chi connectivity index (χ2n) is 4.97. The van der Waals surface area contributed by atoms with Crippen LogP contribution in [-0.4, -0.2) is 27.8 Å². The number of aromatic nitrogens is 2. The van der Waals surface area contributed by atoms with E-state index < -0.39 is 17.5 Å². The molecule has 0 bridgehead atoms. The van der Waals surface area contributed by atoms with E-state index in [2.05, 4.69) is 9.97 Å². The lowest BCUT2D eigenvalue weighted by atomic mass is 10.2. The average Bonchev–Trinajstić information content (AvgIpc) is 2.94. The zero-order valence-electron chi connectivity index (χ0n) is 12.0. The highest BCUT2D eigenvalue weighted by Gasteiger charge is 2.16. The molecule has 0 aliphatic heterocycles. The first-order chi connectivity index (χ1) is 10.9. The topological polar surface area (TPSA) is 66.1 Å². The minimum absolute atomic E-state index is 0.0119. The second kappa shape index (κ2) is 5.88. The molecule has 0 atom stereocenters. The molecule has 0 spiro atoms. The van der Waals surface area contributed by atoms with Crippen molar-refractivity contribution in [1.82, 2.24) is 14.9 Å². The van der Waals surface area contributed by atoms with Crippen LogP contribution in [0.4, 0.5) is 8.78 Å². The van der Waals surface area contributed by atoms with Gasteiger partial charge in [0.15, 0.2) is 0 Å². The van der Waals surface area contributed by atoms with Crippen molar-refractivity contribution in [2.75, 3.05) is 7.05 Å². The molecular weight excluding hydrogens is 324 g/mol. The van der Waals surface area contributed by atoms with Gasteiger partial charge in [0.2, 0.25) is 0 Å². The summed E-state index contributed by atoms with van der Waals surface area (Å²) >= 11 is 1.28. The molecule has 1 aromatic carbocycles. The molecule has 2 aromatic heterocycles. The van der Waals surface area contributed by atoms with Gasteiger partial charge in [0.25, 0.3) is 11.5 Å². The summed E-state index contributed by atoms with van der Waals surface area (Å²) in [5.74, 6) is -1.92. The van der Waals surface area contributed by atoms with Crippen molar-refractivity contribution in [3.05, 3.63) is 63.0 Å². The van der Waals surface area contributed by atoms with E-state index in [1.165, 1.54) is 23.3 Å². The van der Waals surface area contributed by atoms with Crippen LogP contribution in [0.25, 0.3) is 10.2 Å². The van der Waals surface area contributed by atoms with Gasteiger partial charge in [-0.25, -0.2) is 13.8 Å². The lowest BCUT2D eigenvalue weighted by molar-refractivity contribution is 0.0780. The molecule has 2 heterocycles. The van der Waals surface area contributed by atoms with Gasteiger partial charge in [0, 0.05) is 18.7 Å². The average molecular weight is 335 g/mol. The van der Waals surface area contributed by atoms with Crippen LogP contribution < -0.4 is 5.56 Å². The number of benzene rings is 1. The van der Waals surface area contributed by atoms with Crippen molar-refractivity contribution < 1.29 is 13.6 Å². The first-order valence-electron chi connectivity index (χ1n) is 6.62. The summed E-state index contributed by atoms with van der Waals surface area (Å²) < 4.78 is 26.9. The van der Waals surface area contributed by atoms with Crippen LogP contribution in [-0.2, 0) is 6.54 Å². The monoisotopic (exact) mass is 335 g/mol. The van der Waals surface area contributed by atoms with Gasteiger partial charge in [0.1, 0.15) is 22.2 Å². The summed E-state index contributed by atoms with van der Waals surface area (Å²) in [7, 11) is 1.46. The number of thiophene rings is 1. The molecule has 0 radical (unpaired) electrons. The van der Waals surface area contributed by atoms with E-state index >= 15 is 0 Å². The van der Waals surface area contributed by atoms with Gasteiger partial charge in [-0.1, -0.05) is 0 Å². The Hall–Kier alpha value is -2.61. The molecule has 3 aromatic rings. The standard InChI is InChI=1S/C15H11F2N3O2S/c1-20(15(22)8-4-9(16)6-10(17)5-8)7-12-18-11-2-3-23-13(11)14(21)19-12/h2-6H,7H2,1H3,(H,18,19,21). The maximum atomic E-state index is 13.2. The molecule has 0 aliphatic rings. The maximum Gasteiger partial charge on any atom is 0.268 e. The van der Waals surface area contributed by atoms with E-state index in [1.54, 1.807) is 11.4 Å². The quantitative estimate of drug-likeness (QED) is 0.800. The number of halogens is 2. The zero-order valence-corrected chi connectivity index (χ0v) is 12.8. The van der Waals surface area contributed by atoms with Gasteiger partial charge in [-0.2, -0.15) is 0 Å². The minimum Gasteiger partial charge on any atom is -0.334 e. The highest BCUT2D eigenvalue weighted by molar-refractivity contribution is 7.17. The predicted octanol–water partition coefficient (Wildman–Crippen LogP) is 2.54.